The van der Waals surface area contributed by atoms with Crippen molar-refractivity contribution < 1.29 is 13.9 Å². The van der Waals surface area contributed by atoms with E-state index < -0.39 is 5.82 Å². The highest BCUT2D eigenvalue weighted by atomic mass is 19.1. The van der Waals surface area contributed by atoms with Crippen molar-refractivity contribution in [3.63, 3.8) is 0 Å². The molecule has 20 heavy (non-hydrogen) atoms. The van der Waals surface area contributed by atoms with E-state index >= 15 is 0 Å². The highest BCUT2D eigenvalue weighted by Gasteiger charge is 2.31. The van der Waals surface area contributed by atoms with E-state index in [1.807, 2.05) is 4.90 Å². The third-order valence-corrected chi connectivity index (χ3v) is 4.21. The first-order chi connectivity index (χ1) is 9.67. The second-order valence-corrected chi connectivity index (χ2v) is 5.53. The number of carbonyl (C=O) groups is 1. The highest BCUT2D eigenvalue weighted by molar-refractivity contribution is 5.94. The molecule has 2 saturated heterocycles. The molecule has 1 aromatic rings. The van der Waals surface area contributed by atoms with Crippen LogP contribution in [0.2, 0.25) is 0 Å². The molecule has 1 N–H and O–H groups in total. The third-order valence-electron chi connectivity index (χ3n) is 4.21. The molecule has 2 atom stereocenters. The smallest absolute Gasteiger partial charge is 0.254 e. The van der Waals surface area contributed by atoms with Crippen LogP contribution in [0.3, 0.4) is 0 Å². The van der Waals surface area contributed by atoms with Crippen molar-refractivity contribution >= 4 is 5.91 Å². The monoisotopic (exact) mass is 278 g/mol. The first-order valence-corrected chi connectivity index (χ1v) is 7.06. The lowest BCUT2D eigenvalue weighted by atomic mass is 10.1. The molecule has 4 nitrogen and oxygen atoms in total. The van der Waals surface area contributed by atoms with Gasteiger partial charge in [0.15, 0.2) is 11.6 Å². The Morgan fingerprint density at radius 2 is 2.15 bits per heavy atom. The van der Waals surface area contributed by atoms with E-state index in [1.165, 1.54) is 25.7 Å². The van der Waals surface area contributed by atoms with Crippen LogP contribution < -0.4 is 10.1 Å². The predicted octanol–water partition coefficient (Wildman–Crippen LogP) is 1.80. The van der Waals surface area contributed by atoms with Crippen molar-refractivity contribution in [1.82, 2.24) is 10.2 Å². The zero-order valence-electron chi connectivity index (χ0n) is 11.6. The molecular weight excluding hydrogens is 259 g/mol. The number of hydrogen-bond donors (Lipinski definition) is 1. The van der Waals surface area contributed by atoms with Gasteiger partial charge in [0, 0.05) is 30.7 Å². The van der Waals surface area contributed by atoms with Gasteiger partial charge in [0.05, 0.1) is 7.11 Å². The van der Waals surface area contributed by atoms with E-state index in [0.717, 1.165) is 19.4 Å². The van der Waals surface area contributed by atoms with E-state index in [9.17, 15) is 9.18 Å². The van der Waals surface area contributed by atoms with E-state index in [1.54, 1.807) is 6.07 Å². The van der Waals surface area contributed by atoms with Crippen LogP contribution in [0, 0.1) is 5.82 Å². The van der Waals surface area contributed by atoms with E-state index in [2.05, 4.69) is 5.32 Å². The fourth-order valence-electron chi connectivity index (χ4n) is 3.11. The van der Waals surface area contributed by atoms with Gasteiger partial charge in [0.25, 0.3) is 5.91 Å². The average molecular weight is 278 g/mol. The fourth-order valence-corrected chi connectivity index (χ4v) is 3.11. The number of rotatable bonds is 2. The maximum atomic E-state index is 13.7. The Kier molecular flexibility index (Phi) is 3.61. The molecule has 108 valence electrons. The minimum atomic E-state index is -0.493. The molecule has 2 aliphatic heterocycles. The lowest BCUT2D eigenvalue weighted by Gasteiger charge is -2.24. The molecule has 5 heteroatoms. The largest absolute Gasteiger partial charge is 0.494 e. The summed E-state index contributed by atoms with van der Waals surface area (Å²) in [7, 11) is 1.41. The number of benzene rings is 1. The van der Waals surface area contributed by atoms with Crippen molar-refractivity contribution in [1.29, 1.82) is 0 Å². The van der Waals surface area contributed by atoms with Gasteiger partial charge in [-0.2, -0.15) is 0 Å². The average Bonchev–Trinajstić information content (AvgIpc) is 2.77. The number of methoxy groups -OCH3 is 1. The Labute approximate surface area is 117 Å². The number of ether oxygens (including phenoxy) is 1. The normalized spacial score (nSPS) is 25.4. The molecule has 1 amide bonds. The maximum absolute atomic E-state index is 13.7. The summed E-state index contributed by atoms with van der Waals surface area (Å²) in [5.41, 5.74) is 0.390. The Bertz CT molecular complexity index is 521. The third kappa shape index (κ3) is 2.50. The topological polar surface area (TPSA) is 41.6 Å². The molecule has 2 unspecified atom stereocenters. The molecule has 3 rings (SSSR count). The standard InChI is InChI=1S/C15H19FN2O2/c1-20-14-5-2-10(8-13(14)16)15(19)18-7-6-11-3-4-12(9-18)17-11/h2,5,8,11-12,17H,3-4,6-7,9H2,1H3. The van der Waals surface area contributed by atoms with Gasteiger partial charge in [0.1, 0.15) is 0 Å². The zero-order valence-corrected chi connectivity index (χ0v) is 11.6. The lowest BCUT2D eigenvalue weighted by Crippen LogP contribution is -2.39. The first-order valence-electron chi connectivity index (χ1n) is 7.06. The molecule has 0 spiro atoms. The SMILES string of the molecule is COc1ccc(C(=O)N2CCC3CCC(C2)N3)cc1F. The summed E-state index contributed by atoms with van der Waals surface area (Å²) < 4.78 is 18.6. The maximum Gasteiger partial charge on any atom is 0.254 e. The summed E-state index contributed by atoms with van der Waals surface area (Å²) in [6.07, 6.45) is 3.29. The lowest BCUT2D eigenvalue weighted by molar-refractivity contribution is 0.0747. The quantitative estimate of drug-likeness (QED) is 0.897. The Morgan fingerprint density at radius 3 is 2.90 bits per heavy atom. The van der Waals surface area contributed by atoms with Crippen molar-refractivity contribution in [3.05, 3.63) is 29.6 Å². The van der Waals surface area contributed by atoms with Crippen LogP contribution in [0.5, 0.6) is 5.75 Å². The Morgan fingerprint density at radius 1 is 1.35 bits per heavy atom. The number of nitrogens with zero attached hydrogens (tertiary/aromatic N) is 1. The molecular formula is C15H19FN2O2. The molecule has 2 fully saturated rings. The van der Waals surface area contributed by atoms with Crippen molar-refractivity contribution in [2.45, 2.75) is 31.3 Å². The van der Waals surface area contributed by atoms with Crippen molar-refractivity contribution in [2.24, 2.45) is 0 Å². The molecule has 2 aliphatic rings. The number of hydrogen-bond acceptors (Lipinski definition) is 3. The van der Waals surface area contributed by atoms with E-state index in [-0.39, 0.29) is 11.7 Å². The van der Waals surface area contributed by atoms with Crippen LogP contribution in [-0.2, 0) is 0 Å². The van der Waals surface area contributed by atoms with Gasteiger partial charge in [-0.25, -0.2) is 4.39 Å². The van der Waals surface area contributed by atoms with Crippen LogP contribution in [0.15, 0.2) is 18.2 Å². The molecule has 0 saturated carbocycles. The summed E-state index contributed by atoms with van der Waals surface area (Å²) in [6.45, 7) is 1.45. The van der Waals surface area contributed by atoms with Gasteiger partial charge in [-0.15, -0.1) is 0 Å². The number of likely N-dealkylation sites (tertiary alicyclic amines) is 1. The van der Waals surface area contributed by atoms with Gasteiger partial charge in [-0.1, -0.05) is 0 Å². The number of fused-ring (bicyclic) bond motifs is 2. The molecule has 0 radical (unpaired) electrons. The van der Waals surface area contributed by atoms with E-state index in [4.69, 9.17) is 4.74 Å². The number of nitrogens with one attached hydrogen (secondary N) is 1. The number of carbonyl (C=O) groups excluding carboxylic acids is 1. The van der Waals surface area contributed by atoms with Gasteiger partial charge in [-0.3, -0.25) is 4.79 Å². The minimum absolute atomic E-state index is 0.0964. The molecule has 2 bridgehead atoms. The number of halogens is 1. The van der Waals surface area contributed by atoms with Crippen LogP contribution in [0.25, 0.3) is 0 Å². The summed E-state index contributed by atoms with van der Waals surface area (Å²) in [4.78, 5) is 14.3. The summed E-state index contributed by atoms with van der Waals surface area (Å²) in [6, 6.07) is 5.31. The summed E-state index contributed by atoms with van der Waals surface area (Å²) in [5, 5.41) is 3.53. The van der Waals surface area contributed by atoms with E-state index in [0.29, 0.717) is 24.2 Å². The highest BCUT2D eigenvalue weighted by Crippen LogP contribution is 2.23. The van der Waals surface area contributed by atoms with Gasteiger partial charge in [0.2, 0.25) is 0 Å². The molecule has 2 heterocycles. The van der Waals surface area contributed by atoms with Gasteiger partial charge in [-0.05, 0) is 37.5 Å². The summed E-state index contributed by atoms with van der Waals surface area (Å²) in [5.74, 6) is -0.424. The van der Waals surface area contributed by atoms with Crippen LogP contribution in [0.1, 0.15) is 29.6 Å². The Balaban J connectivity index is 1.76. The molecule has 0 aliphatic carbocycles. The first kappa shape index (κ1) is 13.4. The van der Waals surface area contributed by atoms with Crippen molar-refractivity contribution in [2.75, 3.05) is 20.2 Å². The second-order valence-electron chi connectivity index (χ2n) is 5.53. The predicted molar refractivity (Wildman–Crippen MR) is 73.4 cm³/mol. The molecule has 0 aromatic heterocycles. The van der Waals surface area contributed by atoms with Crippen molar-refractivity contribution in [3.8, 4) is 5.75 Å². The van der Waals surface area contributed by atoms with Gasteiger partial charge < -0.3 is 15.0 Å². The second kappa shape index (κ2) is 5.40. The Hall–Kier alpha value is -1.62. The molecule has 1 aromatic carbocycles. The van der Waals surface area contributed by atoms with Crippen LogP contribution >= 0.6 is 0 Å². The number of amides is 1. The summed E-state index contributed by atoms with van der Waals surface area (Å²) >= 11 is 0. The van der Waals surface area contributed by atoms with Crippen LogP contribution in [0.4, 0.5) is 4.39 Å². The van der Waals surface area contributed by atoms with Crippen LogP contribution in [-0.4, -0.2) is 43.1 Å². The minimum Gasteiger partial charge on any atom is -0.494 e. The fraction of sp³-hybridized carbons (Fsp3) is 0.533. The zero-order chi connectivity index (χ0) is 14.1. The van der Waals surface area contributed by atoms with Gasteiger partial charge >= 0.3 is 0 Å².